The van der Waals surface area contributed by atoms with E-state index >= 15 is 0 Å². The molecule has 5 heteroatoms. The normalized spacial score (nSPS) is 20.5. The van der Waals surface area contributed by atoms with E-state index in [0.717, 1.165) is 39.3 Å². The molecule has 2 saturated heterocycles. The van der Waals surface area contributed by atoms with Gasteiger partial charge in [-0.1, -0.05) is 49.6 Å². The Morgan fingerprint density at radius 2 is 1.62 bits per heavy atom. The van der Waals surface area contributed by atoms with Gasteiger partial charge in [0, 0.05) is 13.0 Å². The Morgan fingerprint density at radius 3 is 2.38 bits per heavy atom. The highest BCUT2D eigenvalue weighted by Crippen LogP contribution is 2.44. The van der Waals surface area contributed by atoms with Crippen LogP contribution >= 0.6 is 23.5 Å². The predicted molar refractivity (Wildman–Crippen MR) is 112 cm³/mol. The summed E-state index contributed by atoms with van der Waals surface area (Å²) in [5.41, 5.74) is 1.26. The van der Waals surface area contributed by atoms with Crippen molar-refractivity contribution in [2.24, 2.45) is 0 Å². The highest BCUT2D eigenvalue weighted by molar-refractivity contribution is 8.17. The highest BCUT2D eigenvalue weighted by atomic mass is 32.2. The molecule has 2 aliphatic rings. The second-order valence-corrected chi connectivity index (χ2v) is 9.72. The largest absolute Gasteiger partial charge is 0.377 e. The van der Waals surface area contributed by atoms with Crippen molar-refractivity contribution < 1.29 is 14.2 Å². The average molecular weight is 397 g/mol. The van der Waals surface area contributed by atoms with Crippen molar-refractivity contribution in [3.63, 3.8) is 0 Å². The molecule has 0 bridgehead atoms. The first-order valence-electron chi connectivity index (χ1n) is 10.0. The van der Waals surface area contributed by atoms with E-state index in [2.05, 4.69) is 24.3 Å². The van der Waals surface area contributed by atoms with Gasteiger partial charge in [0.2, 0.25) is 0 Å². The quantitative estimate of drug-likeness (QED) is 0.462. The summed E-state index contributed by atoms with van der Waals surface area (Å²) in [7, 11) is 0. The van der Waals surface area contributed by atoms with Crippen LogP contribution in [0.1, 0.15) is 50.5 Å². The number of rotatable bonds is 11. The molecule has 3 nitrogen and oxygen atoms in total. The maximum absolute atomic E-state index is 6.10. The molecule has 3 rings (SSSR count). The molecule has 0 unspecified atom stereocenters. The van der Waals surface area contributed by atoms with Crippen LogP contribution in [0, 0.1) is 0 Å². The van der Waals surface area contributed by atoms with Crippen LogP contribution in [-0.2, 0) is 20.8 Å². The number of unbranched alkanes of at least 4 members (excludes halogenated alkanes) is 4. The smallest absolute Gasteiger partial charge is 0.189 e. The third-order valence-electron chi connectivity index (χ3n) is 4.89. The Morgan fingerprint density at radius 1 is 0.923 bits per heavy atom. The van der Waals surface area contributed by atoms with Crippen LogP contribution in [0.4, 0.5) is 0 Å². The third kappa shape index (κ3) is 6.45. The van der Waals surface area contributed by atoms with E-state index in [1.54, 1.807) is 0 Å². The summed E-state index contributed by atoms with van der Waals surface area (Å²) in [6, 6.07) is 10.4. The van der Waals surface area contributed by atoms with Crippen molar-refractivity contribution in [3.05, 3.63) is 35.9 Å². The van der Waals surface area contributed by atoms with E-state index in [1.807, 2.05) is 29.6 Å². The lowest BCUT2D eigenvalue weighted by molar-refractivity contribution is -0.149. The zero-order valence-electron chi connectivity index (χ0n) is 15.7. The zero-order chi connectivity index (χ0) is 17.9. The first-order chi connectivity index (χ1) is 12.9. The lowest BCUT2D eigenvalue weighted by atomic mass is 10.1. The van der Waals surface area contributed by atoms with Crippen LogP contribution in [0.2, 0.25) is 0 Å². The van der Waals surface area contributed by atoms with Gasteiger partial charge in [0.05, 0.1) is 19.8 Å². The van der Waals surface area contributed by atoms with Gasteiger partial charge in [-0.2, -0.15) is 0 Å². The standard InChI is InChI=1S/C21H32O3S2/c1(3-8-13-22-18-19-10-5-4-6-11-19)2-7-12-21(23-14-15-24-21)20-25-16-9-17-26-20/h4-6,10-11,20H,1-3,7-9,12-18H2. The number of hydrogen-bond acceptors (Lipinski definition) is 5. The SMILES string of the molecule is c1ccc(COCCCCCCCC2(C3SCCCS3)OCCO2)cc1. The Balaban J connectivity index is 1.23. The number of benzene rings is 1. The molecule has 0 aromatic heterocycles. The van der Waals surface area contributed by atoms with Crippen LogP contribution in [-0.4, -0.2) is 41.7 Å². The fourth-order valence-corrected chi connectivity index (χ4v) is 6.69. The second kappa shape index (κ2) is 11.6. The van der Waals surface area contributed by atoms with Crippen molar-refractivity contribution in [3.8, 4) is 0 Å². The van der Waals surface area contributed by atoms with E-state index in [4.69, 9.17) is 14.2 Å². The molecule has 0 radical (unpaired) electrons. The summed E-state index contributed by atoms with van der Waals surface area (Å²) in [6.07, 6.45) is 8.49. The molecule has 1 aromatic rings. The molecule has 0 amide bonds. The van der Waals surface area contributed by atoms with Gasteiger partial charge in [0.1, 0.15) is 4.58 Å². The molecule has 2 heterocycles. The topological polar surface area (TPSA) is 27.7 Å². The van der Waals surface area contributed by atoms with Gasteiger partial charge in [0.15, 0.2) is 5.79 Å². The molecule has 26 heavy (non-hydrogen) atoms. The van der Waals surface area contributed by atoms with Gasteiger partial charge in [-0.25, -0.2) is 0 Å². The van der Waals surface area contributed by atoms with E-state index < -0.39 is 0 Å². The molecule has 0 atom stereocenters. The maximum atomic E-state index is 6.10. The Labute approximate surface area is 166 Å². The zero-order valence-corrected chi connectivity index (χ0v) is 17.3. The highest BCUT2D eigenvalue weighted by Gasteiger charge is 2.45. The summed E-state index contributed by atoms with van der Waals surface area (Å²) < 4.78 is 18.4. The predicted octanol–water partition coefficient (Wildman–Crippen LogP) is 5.48. The van der Waals surface area contributed by atoms with Crippen LogP contribution < -0.4 is 0 Å². The molecule has 2 aliphatic heterocycles. The molecule has 146 valence electrons. The van der Waals surface area contributed by atoms with Crippen molar-refractivity contribution in [2.75, 3.05) is 31.3 Å². The Hall–Kier alpha value is -0.200. The van der Waals surface area contributed by atoms with Gasteiger partial charge in [-0.05, 0) is 36.3 Å². The van der Waals surface area contributed by atoms with Gasteiger partial charge < -0.3 is 14.2 Å². The van der Waals surface area contributed by atoms with Gasteiger partial charge in [0.25, 0.3) is 0 Å². The average Bonchev–Trinajstić information content (AvgIpc) is 3.18. The minimum Gasteiger partial charge on any atom is -0.377 e. The van der Waals surface area contributed by atoms with E-state index in [-0.39, 0.29) is 5.79 Å². The molecule has 1 aromatic carbocycles. The molecular formula is C21H32O3S2. The van der Waals surface area contributed by atoms with Gasteiger partial charge in [-0.3, -0.25) is 0 Å². The first kappa shape index (κ1) is 20.5. The summed E-state index contributed by atoms with van der Waals surface area (Å²) in [6.45, 7) is 3.11. The molecule has 0 spiro atoms. The van der Waals surface area contributed by atoms with Crippen molar-refractivity contribution in [1.29, 1.82) is 0 Å². The van der Waals surface area contributed by atoms with E-state index in [1.165, 1.54) is 49.2 Å². The molecule has 0 saturated carbocycles. The van der Waals surface area contributed by atoms with E-state index in [0.29, 0.717) is 4.58 Å². The molecule has 2 fully saturated rings. The summed E-state index contributed by atoms with van der Waals surface area (Å²) >= 11 is 4.06. The monoisotopic (exact) mass is 396 g/mol. The summed E-state index contributed by atoms with van der Waals surface area (Å²) in [5.74, 6) is 2.18. The summed E-state index contributed by atoms with van der Waals surface area (Å²) in [4.78, 5) is 0. The molecule has 0 aliphatic carbocycles. The molecular weight excluding hydrogens is 364 g/mol. The lowest BCUT2D eigenvalue weighted by Gasteiger charge is -2.36. The van der Waals surface area contributed by atoms with Crippen LogP contribution in [0.25, 0.3) is 0 Å². The van der Waals surface area contributed by atoms with Crippen LogP contribution in [0.5, 0.6) is 0 Å². The lowest BCUT2D eigenvalue weighted by Crippen LogP contribution is -2.41. The Kier molecular flexibility index (Phi) is 9.16. The van der Waals surface area contributed by atoms with Crippen LogP contribution in [0.3, 0.4) is 0 Å². The second-order valence-electron chi connectivity index (χ2n) is 6.99. The van der Waals surface area contributed by atoms with E-state index in [9.17, 15) is 0 Å². The molecule has 0 N–H and O–H groups in total. The van der Waals surface area contributed by atoms with Crippen molar-refractivity contribution >= 4 is 23.5 Å². The third-order valence-corrected chi connectivity index (χ3v) is 8.08. The number of hydrogen-bond donors (Lipinski definition) is 0. The fraction of sp³-hybridized carbons (Fsp3) is 0.714. The number of ether oxygens (including phenoxy) is 3. The van der Waals surface area contributed by atoms with Gasteiger partial charge in [-0.15, -0.1) is 23.5 Å². The Bertz CT molecular complexity index is 485. The first-order valence-corrected chi connectivity index (χ1v) is 12.1. The minimum atomic E-state index is -0.311. The minimum absolute atomic E-state index is 0.311. The van der Waals surface area contributed by atoms with Crippen molar-refractivity contribution in [2.45, 2.75) is 61.9 Å². The van der Waals surface area contributed by atoms with Gasteiger partial charge >= 0.3 is 0 Å². The fourth-order valence-electron chi connectivity index (χ4n) is 3.48. The maximum Gasteiger partial charge on any atom is 0.189 e. The van der Waals surface area contributed by atoms with Crippen molar-refractivity contribution in [1.82, 2.24) is 0 Å². The summed E-state index contributed by atoms with van der Waals surface area (Å²) in [5, 5.41) is 0. The number of thioether (sulfide) groups is 2. The van der Waals surface area contributed by atoms with Crippen LogP contribution in [0.15, 0.2) is 30.3 Å².